The minimum Gasteiger partial charge on any atom is -0.481 e. The lowest BCUT2D eigenvalue weighted by Crippen LogP contribution is -2.34. The minimum absolute atomic E-state index is 0. The van der Waals surface area contributed by atoms with Gasteiger partial charge < -0.3 is 15.8 Å². The molecule has 1 amide bonds. The fourth-order valence-corrected chi connectivity index (χ4v) is 2.96. The second kappa shape index (κ2) is 8.16. The highest BCUT2D eigenvalue weighted by molar-refractivity contribution is 5.85. The zero-order valence-electron chi connectivity index (χ0n) is 13.4. The van der Waals surface area contributed by atoms with Gasteiger partial charge in [0.2, 0.25) is 0 Å². The van der Waals surface area contributed by atoms with E-state index in [-0.39, 0.29) is 36.7 Å². The van der Waals surface area contributed by atoms with E-state index in [1.54, 1.807) is 0 Å². The molecular formula is C18H19ClF2N2O2. The number of fused-ring (bicyclic) bond motifs is 1. The summed E-state index contributed by atoms with van der Waals surface area (Å²) >= 11 is 0. The average Bonchev–Trinajstić information content (AvgIpc) is 2.54. The Morgan fingerprint density at radius 2 is 2.04 bits per heavy atom. The highest BCUT2D eigenvalue weighted by Gasteiger charge is 2.22. The summed E-state index contributed by atoms with van der Waals surface area (Å²) in [4.78, 5) is 12.1. The number of nitrogens with one attached hydrogen (secondary N) is 1. The molecule has 134 valence electrons. The number of carbonyl (C=O) groups excluding carboxylic acids is 1. The third kappa shape index (κ3) is 4.60. The predicted octanol–water partition coefficient (Wildman–Crippen LogP) is 3.54. The van der Waals surface area contributed by atoms with Crippen molar-refractivity contribution in [2.45, 2.75) is 25.3 Å². The lowest BCUT2D eigenvalue weighted by molar-refractivity contribution is -0.124. The number of ether oxygens (including phenoxy) is 1. The number of carbonyl (C=O) groups is 1. The molecule has 7 heteroatoms. The third-order valence-electron chi connectivity index (χ3n) is 4.07. The van der Waals surface area contributed by atoms with Crippen molar-refractivity contribution in [2.24, 2.45) is 0 Å². The second-order valence-corrected chi connectivity index (χ2v) is 5.83. The zero-order valence-corrected chi connectivity index (χ0v) is 14.2. The van der Waals surface area contributed by atoms with Gasteiger partial charge in [-0.3, -0.25) is 4.79 Å². The Hall–Kier alpha value is -2.34. The van der Waals surface area contributed by atoms with Crippen molar-refractivity contribution in [3.8, 4) is 5.75 Å². The molecule has 0 spiro atoms. The van der Waals surface area contributed by atoms with E-state index in [0.29, 0.717) is 5.69 Å². The van der Waals surface area contributed by atoms with Gasteiger partial charge in [0.25, 0.3) is 5.91 Å². The molecule has 3 rings (SSSR count). The summed E-state index contributed by atoms with van der Waals surface area (Å²) in [6.45, 7) is -0.330. The summed E-state index contributed by atoms with van der Waals surface area (Å²) in [7, 11) is 0. The molecule has 0 radical (unpaired) electrons. The Morgan fingerprint density at radius 3 is 2.80 bits per heavy atom. The largest absolute Gasteiger partial charge is 0.481 e. The SMILES string of the molecule is Cl.Nc1ccc2c(c1)CCCC2NC(=O)COc1ccc(F)cc1F. The van der Waals surface area contributed by atoms with Crippen LogP contribution in [0, 0.1) is 11.6 Å². The van der Waals surface area contributed by atoms with E-state index in [0.717, 1.165) is 48.6 Å². The summed E-state index contributed by atoms with van der Waals surface area (Å²) in [5, 5.41) is 2.89. The fourth-order valence-electron chi connectivity index (χ4n) is 2.96. The zero-order chi connectivity index (χ0) is 17.1. The number of halogens is 3. The quantitative estimate of drug-likeness (QED) is 0.811. The number of nitrogen functional groups attached to an aromatic ring is 1. The van der Waals surface area contributed by atoms with Crippen molar-refractivity contribution < 1.29 is 18.3 Å². The summed E-state index contributed by atoms with van der Waals surface area (Å²) in [5.74, 6) is -2.03. The molecule has 2 aromatic rings. The van der Waals surface area contributed by atoms with Crippen LogP contribution in [0.3, 0.4) is 0 Å². The second-order valence-electron chi connectivity index (χ2n) is 5.83. The van der Waals surface area contributed by atoms with Crippen LogP contribution in [0.2, 0.25) is 0 Å². The van der Waals surface area contributed by atoms with Crippen LogP contribution in [0.4, 0.5) is 14.5 Å². The molecule has 1 atom stereocenters. The van der Waals surface area contributed by atoms with Crippen molar-refractivity contribution >= 4 is 24.0 Å². The molecule has 4 nitrogen and oxygen atoms in total. The van der Waals surface area contributed by atoms with Gasteiger partial charge in [-0.25, -0.2) is 8.78 Å². The molecule has 2 aromatic carbocycles. The van der Waals surface area contributed by atoms with Crippen molar-refractivity contribution in [3.05, 3.63) is 59.2 Å². The van der Waals surface area contributed by atoms with Gasteiger partial charge in [0.15, 0.2) is 18.2 Å². The first-order valence-corrected chi connectivity index (χ1v) is 7.78. The number of hydrogen-bond donors (Lipinski definition) is 2. The standard InChI is InChI=1S/C18H18F2N2O2.ClH/c19-12-4-7-17(15(20)9-12)24-10-18(23)22-16-3-1-2-11-8-13(21)5-6-14(11)16;/h4-9,16H,1-3,10,21H2,(H,22,23);1H. The van der Waals surface area contributed by atoms with E-state index in [9.17, 15) is 13.6 Å². The maximum Gasteiger partial charge on any atom is 0.258 e. The molecule has 0 saturated carbocycles. The van der Waals surface area contributed by atoms with Crippen LogP contribution in [0.25, 0.3) is 0 Å². The van der Waals surface area contributed by atoms with Gasteiger partial charge in [0.05, 0.1) is 6.04 Å². The van der Waals surface area contributed by atoms with Gasteiger partial charge in [0.1, 0.15) is 5.82 Å². The van der Waals surface area contributed by atoms with Gasteiger partial charge in [-0.2, -0.15) is 0 Å². The van der Waals surface area contributed by atoms with Crippen LogP contribution >= 0.6 is 12.4 Å². The number of amides is 1. The van der Waals surface area contributed by atoms with Crippen molar-refractivity contribution in [2.75, 3.05) is 12.3 Å². The monoisotopic (exact) mass is 368 g/mol. The average molecular weight is 369 g/mol. The van der Waals surface area contributed by atoms with E-state index in [1.807, 2.05) is 18.2 Å². The number of aryl methyl sites for hydroxylation is 1. The number of rotatable bonds is 4. The van der Waals surface area contributed by atoms with Gasteiger partial charge in [-0.05, 0) is 54.7 Å². The van der Waals surface area contributed by atoms with Crippen LogP contribution in [-0.4, -0.2) is 12.5 Å². The lowest BCUT2D eigenvalue weighted by atomic mass is 9.87. The van der Waals surface area contributed by atoms with E-state index in [1.165, 1.54) is 0 Å². The lowest BCUT2D eigenvalue weighted by Gasteiger charge is -2.26. The molecule has 0 heterocycles. The Labute approximate surface area is 150 Å². The molecule has 3 N–H and O–H groups in total. The number of benzene rings is 2. The fraction of sp³-hybridized carbons (Fsp3) is 0.278. The van der Waals surface area contributed by atoms with Crippen LogP contribution in [0.1, 0.15) is 30.0 Å². The van der Waals surface area contributed by atoms with Gasteiger partial charge in [0, 0.05) is 11.8 Å². The molecule has 0 bridgehead atoms. The van der Waals surface area contributed by atoms with Crippen LogP contribution in [0.15, 0.2) is 36.4 Å². The van der Waals surface area contributed by atoms with Gasteiger partial charge in [-0.1, -0.05) is 6.07 Å². The number of hydrogen-bond acceptors (Lipinski definition) is 3. The van der Waals surface area contributed by atoms with Crippen LogP contribution in [-0.2, 0) is 11.2 Å². The minimum atomic E-state index is -0.832. The smallest absolute Gasteiger partial charge is 0.258 e. The highest BCUT2D eigenvalue weighted by Crippen LogP contribution is 2.30. The maximum atomic E-state index is 13.5. The Kier molecular flexibility index (Phi) is 6.20. The first-order chi connectivity index (χ1) is 11.5. The summed E-state index contributed by atoms with van der Waals surface area (Å²) in [6.07, 6.45) is 2.71. The number of nitrogens with two attached hydrogens (primary N) is 1. The van der Waals surface area contributed by atoms with Crippen molar-refractivity contribution in [1.29, 1.82) is 0 Å². The van der Waals surface area contributed by atoms with Crippen LogP contribution < -0.4 is 15.8 Å². The molecular weight excluding hydrogens is 350 g/mol. The van der Waals surface area contributed by atoms with E-state index in [4.69, 9.17) is 10.5 Å². The normalized spacial score (nSPS) is 15.7. The molecule has 0 fully saturated rings. The Bertz CT molecular complexity index is 771. The van der Waals surface area contributed by atoms with Gasteiger partial charge >= 0.3 is 0 Å². The van der Waals surface area contributed by atoms with E-state index < -0.39 is 11.6 Å². The summed E-state index contributed by atoms with van der Waals surface area (Å²) in [6, 6.07) is 8.52. The highest BCUT2D eigenvalue weighted by atomic mass is 35.5. The first kappa shape index (κ1) is 19.0. The third-order valence-corrected chi connectivity index (χ3v) is 4.07. The van der Waals surface area contributed by atoms with Crippen molar-refractivity contribution in [1.82, 2.24) is 5.32 Å². The molecule has 1 unspecified atom stereocenters. The molecule has 1 aliphatic carbocycles. The summed E-state index contributed by atoms with van der Waals surface area (Å²) < 4.78 is 31.5. The van der Waals surface area contributed by atoms with E-state index in [2.05, 4.69) is 5.32 Å². The van der Waals surface area contributed by atoms with Crippen molar-refractivity contribution in [3.63, 3.8) is 0 Å². The molecule has 25 heavy (non-hydrogen) atoms. The predicted molar refractivity (Wildman–Crippen MR) is 93.8 cm³/mol. The Balaban J connectivity index is 0.00000225. The maximum absolute atomic E-state index is 13.5. The van der Waals surface area contributed by atoms with E-state index >= 15 is 0 Å². The Morgan fingerprint density at radius 1 is 1.24 bits per heavy atom. The summed E-state index contributed by atoms with van der Waals surface area (Å²) in [5.41, 5.74) is 8.69. The van der Waals surface area contributed by atoms with Gasteiger partial charge in [-0.15, -0.1) is 12.4 Å². The molecule has 0 aromatic heterocycles. The molecule has 0 saturated heterocycles. The topological polar surface area (TPSA) is 64.3 Å². The van der Waals surface area contributed by atoms with Crippen LogP contribution in [0.5, 0.6) is 5.75 Å². The molecule has 1 aliphatic rings. The number of anilines is 1. The molecule has 0 aliphatic heterocycles. The first-order valence-electron chi connectivity index (χ1n) is 7.78.